The number of anilines is 1. The highest BCUT2D eigenvalue weighted by Crippen LogP contribution is 2.49. The summed E-state index contributed by atoms with van der Waals surface area (Å²) in [5.41, 5.74) is 1.24. The minimum atomic E-state index is 0.191. The van der Waals surface area contributed by atoms with Crippen LogP contribution in [0.15, 0.2) is 0 Å². The van der Waals surface area contributed by atoms with Crippen molar-refractivity contribution in [1.29, 1.82) is 0 Å². The molecule has 1 heterocycles. The van der Waals surface area contributed by atoms with Gasteiger partial charge in [-0.3, -0.25) is 4.79 Å². The molecule has 1 aromatic heterocycles. The summed E-state index contributed by atoms with van der Waals surface area (Å²) < 4.78 is 0. The quantitative estimate of drug-likeness (QED) is 0.851. The molecule has 0 spiro atoms. The monoisotopic (exact) mass is 304 g/mol. The van der Waals surface area contributed by atoms with Crippen LogP contribution in [0.5, 0.6) is 0 Å². The Hall–Kier alpha value is -0.900. The number of amides is 1. The molecule has 3 atom stereocenters. The molecule has 0 aromatic carbocycles. The molecule has 3 aliphatic carbocycles. The third kappa shape index (κ3) is 2.87. The number of carbonyl (C=O) groups is 1. The van der Waals surface area contributed by atoms with Gasteiger partial charge in [-0.25, -0.2) is 4.98 Å². The average molecular weight is 304 g/mol. The first-order chi connectivity index (χ1) is 10.3. The maximum atomic E-state index is 12.3. The van der Waals surface area contributed by atoms with Crippen molar-refractivity contribution in [2.45, 2.75) is 64.2 Å². The molecule has 1 amide bonds. The molecule has 4 rings (SSSR count). The van der Waals surface area contributed by atoms with Crippen LogP contribution in [0.25, 0.3) is 0 Å². The number of carbonyl (C=O) groups excluding carboxylic acids is 1. The lowest BCUT2D eigenvalue weighted by molar-refractivity contribution is -0.117. The number of nitrogens with zero attached hydrogens (tertiary/aromatic N) is 1. The van der Waals surface area contributed by atoms with Gasteiger partial charge in [0.05, 0.1) is 5.69 Å². The fourth-order valence-electron chi connectivity index (χ4n) is 4.62. The zero-order valence-corrected chi connectivity index (χ0v) is 13.4. The van der Waals surface area contributed by atoms with E-state index in [0.717, 1.165) is 29.8 Å². The van der Waals surface area contributed by atoms with Crippen molar-refractivity contribution in [1.82, 2.24) is 4.98 Å². The van der Waals surface area contributed by atoms with E-state index in [1.165, 1.54) is 55.5 Å². The molecule has 2 fully saturated rings. The molecule has 3 nitrogen and oxygen atoms in total. The predicted molar refractivity (Wildman–Crippen MR) is 85.6 cm³/mol. The third-order valence-corrected chi connectivity index (χ3v) is 6.75. The maximum absolute atomic E-state index is 12.3. The van der Waals surface area contributed by atoms with E-state index in [4.69, 9.17) is 0 Å². The van der Waals surface area contributed by atoms with Crippen LogP contribution in [0.2, 0.25) is 0 Å². The van der Waals surface area contributed by atoms with Crippen molar-refractivity contribution < 1.29 is 4.79 Å². The molecule has 1 N–H and O–H groups in total. The van der Waals surface area contributed by atoms with Crippen LogP contribution in [0.1, 0.15) is 61.9 Å². The van der Waals surface area contributed by atoms with Crippen molar-refractivity contribution in [3.8, 4) is 0 Å². The Morgan fingerprint density at radius 3 is 2.90 bits per heavy atom. The van der Waals surface area contributed by atoms with E-state index in [9.17, 15) is 4.79 Å². The van der Waals surface area contributed by atoms with Gasteiger partial charge in [0.25, 0.3) is 0 Å². The van der Waals surface area contributed by atoms with E-state index in [1.807, 2.05) is 0 Å². The summed E-state index contributed by atoms with van der Waals surface area (Å²) in [6, 6.07) is 0. The lowest BCUT2D eigenvalue weighted by Crippen LogP contribution is -2.20. The molecule has 4 heteroatoms. The van der Waals surface area contributed by atoms with Crippen LogP contribution in [0.3, 0.4) is 0 Å². The standard InChI is InChI=1S/C17H24N2OS/c20-16(10-13-9-11-6-7-12(13)8-11)19-17-18-14-4-2-1-3-5-15(14)21-17/h11-13H,1-10H2,(H,18,19,20)/t11-,12-,13-/m1/s1. The van der Waals surface area contributed by atoms with Gasteiger partial charge in [0.2, 0.25) is 5.91 Å². The molecular weight excluding hydrogens is 280 g/mol. The zero-order valence-electron chi connectivity index (χ0n) is 12.6. The number of fused-ring (bicyclic) bond motifs is 3. The highest BCUT2D eigenvalue weighted by atomic mass is 32.1. The maximum Gasteiger partial charge on any atom is 0.226 e. The van der Waals surface area contributed by atoms with Crippen LogP contribution in [0.4, 0.5) is 5.13 Å². The van der Waals surface area contributed by atoms with Crippen LogP contribution in [0, 0.1) is 17.8 Å². The van der Waals surface area contributed by atoms with E-state index in [0.29, 0.717) is 12.3 Å². The normalized spacial score (nSPS) is 31.0. The Labute approximate surface area is 130 Å². The van der Waals surface area contributed by atoms with Gasteiger partial charge < -0.3 is 5.32 Å². The van der Waals surface area contributed by atoms with E-state index < -0.39 is 0 Å². The fourth-order valence-corrected chi connectivity index (χ4v) is 5.68. The van der Waals surface area contributed by atoms with Gasteiger partial charge in [0, 0.05) is 11.3 Å². The minimum absolute atomic E-state index is 0.191. The van der Waals surface area contributed by atoms with Crippen molar-refractivity contribution >= 4 is 22.4 Å². The number of rotatable bonds is 3. The Morgan fingerprint density at radius 1 is 1.19 bits per heavy atom. The summed E-state index contributed by atoms with van der Waals surface area (Å²) in [4.78, 5) is 18.3. The second-order valence-electron chi connectivity index (χ2n) is 7.14. The van der Waals surface area contributed by atoms with Gasteiger partial charge in [0.1, 0.15) is 0 Å². The topological polar surface area (TPSA) is 42.0 Å². The molecule has 21 heavy (non-hydrogen) atoms. The molecule has 114 valence electrons. The molecule has 2 bridgehead atoms. The van der Waals surface area contributed by atoms with E-state index >= 15 is 0 Å². The fraction of sp³-hybridized carbons (Fsp3) is 0.765. The first-order valence-electron chi connectivity index (χ1n) is 8.56. The number of nitrogens with one attached hydrogen (secondary N) is 1. The second kappa shape index (κ2) is 5.71. The lowest BCUT2D eigenvalue weighted by Gasteiger charge is -2.20. The predicted octanol–water partition coefficient (Wildman–Crippen LogP) is 4.18. The number of hydrogen-bond donors (Lipinski definition) is 1. The largest absolute Gasteiger partial charge is 0.302 e. The van der Waals surface area contributed by atoms with Gasteiger partial charge in [-0.2, -0.15) is 0 Å². The lowest BCUT2D eigenvalue weighted by atomic mass is 9.86. The molecule has 0 unspecified atom stereocenters. The number of aryl methyl sites for hydroxylation is 2. The SMILES string of the molecule is O=C(C[C@H]1C[C@@H]2CC[C@@H]1C2)Nc1nc2c(s1)CCCCC2. The Bertz CT molecular complexity index is 515. The van der Waals surface area contributed by atoms with Crippen molar-refractivity contribution in [2.24, 2.45) is 17.8 Å². The summed E-state index contributed by atoms with van der Waals surface area (Å²) >= 11 is 1.71. The summed E-state index contributed by atoms with van der Waals surface area (Å²) in [6.45, 7) is 0. The van der Waals surface area contributed by atoms with Crippen molar-refractivity contribution in [3.63, 3.8) is 0 Å². The smallest absolute Gasteiger partial charge is 0.226 e. The third-order valence-electron chi connectivity index (χ3n) is 5.67. The molecular formula is C17H24N2OS. The molecule has 0 aliphatic heterocycles. The molecule has 0 saturated heterocycles. The number of aromatic nitrogens is 1. The van der Waals surface area contributed by atoms with Crippen molar-refractivity contribution in [3.05, 3.63) is 10.6 Å². The summed E-state index contributed by atoms with van der Waals surface area (Å²) in [7, 11) is 0. The highest BCUT2D eigenvalue weighted by molar-refractivity contribution is 7.15. The number of hydrogen-bond acceptors (Lipinski definition) is 3. The Kier molecular flexibility index (Phi) is 3.74. The first-order valence-corrected chi connectivity index (χ1v) is 9.38. The van der Waals surface area contributed by atoms with Crippen LogP contribution < -0.4 is 5.32 Å². The summed E-state index contributed by atoms with van der Waals surface area (Å²) in [5.74, 6) is 2.58. The summed E-state index contributed by atoms with van der Waals surface area (Å²) in [6.07, 6.45) is 12.2. The van der Waals surface area contributed by atoms with Gasteiger partial charge >= 0.3 is 0 Å². The van der Waals surface area contributed by atoms with E-state index in [-0.39, 0.29) is 5.91 Å². The van der Waals surface area contributed by atoms with Crippen LogP contribution in [-0.4, -0.2) is 10.9 Å². The van der Waals surface area contributed by atoms with Gasteiger partial charge in [-0.05, 0) is 62.7 Å². The van der Waals surface area contributed by atoms with E-state index in [2.05, 4.69) is 10.3 Å². The molecule has 2 saturated carbocycles. The van der Waals surface area contributed by atoms with Gasteiger partial charge in [-0.15, -0.1) is 11.3 Å². The minimum Gasteiger partial charge on any atom is -0.302 e. The van der Waals surface area contributed by atoms with Gasteiger partial charge in [0.15, 0.2) is 5.13 Å². The van der Waals surface area contributed by atoms with Crippen LogP contribution in [-0.2, 0) is 17.6 Å². The zero-order chi connectivity index (χ0) is 14.2. The number of thiazole rings is 1. The van der Waals surface area contributed by atoms with Gasteiger partial charge in [-0.1, -0.05) is 12.8 Å². The van der Waals surface area contributed by atoms with Crippen LogP contribution >= 0.6 is 11.3 Å². The van der Waals surface area contributed by atoms with E-state index in [1.54, 1.807) is 11.3 Å². The molecule has 1 aromatic rings. The molecule has 0 radical (unpaired) electrons. The summed E-state index contributed by atoms with van der Waals surface area (Å²) in [5, 5.41) is 3.92. The Morgan fingerprint density at radius 2 is 2.10 bits per heavy atom. The first kappa shape index (κ1) is 13.7. The average Bonchev–Trinajstić information content (AvgIpc) is 3.12. The van der Waals surface area contributed by atoms with Crippen molar-refractivity contribution in [2.75, 3.05) is 5.32 Å². The Balaban J connectivity index is 1.36. The second-order valence-corrected chi connectivity index (χ2v) is 8.22. The highest BCUT2D eigenvalue weighted by Gasteiger charge is 2.40. The molecule has 3 aliphatic rings.